The van der Waals surface area contributed by atoms with Gasteiger partial charge < -0.3 is 4.74 Å². The van der Waals surface area contributed by atoms with Crippen molar-refractivity contribution in [1.82, 2.24) is 4.90 Å². The standard InChI is InChI=1S/C12H21NO5/c1-5-16-17-8-9-6-7-10(14)13(9)11(15)18-12(2,3)4/h9H,5-8H2,1-4H3/t9-/m0/s1. The predicted molar refractivity (Wildman–Crippen MR) is 63.7 cm³/mol. The molecule has 0 N–H and O–H groups in total. The fourth-order valence-electron chi connectivity index (χ4n) is 1.67. The Kier molecular flexibility index (Phi) is 5.10. The molecule has 104 valence electrons. The molecule has 0 aromatic carbocycles. The highest BCUT2D eigenvalue weighted by molar-refractivity contribution is 5.94. The van der Waals surface area contributed by atoms with E-state index >= 15 is 0 Å². The molecule has 0 spiro atoms. The van der Waals surface area contributed by atoms with E-state index in [-0.39, 0.29) is 18.6 Å². The number of amides is 2. The highest BCUT2D eigenvalue weighted by Gasteiger charge is 2.38. The summed E-state index contributed by atoms with van der Waals surface area (Å²) in [6.07, 6.45) is 0.292. The minimum atomic E-state index is -0.620. The van der Waals surface area contributed by atoms with Gasteiger partial charge in [-0.3, -0.25) is 4.79 Å². The molecule has 0 aliphatic carbocycles. The van der Waals surface area contributed by atoms with Crippen molar-refractivity contribution in [1.29, 1.82) is 0 Å². The minimum absolute atomic E-state index is 0.179. The molecule has 6 nitrogen and oxygen atoms in total. The van der Waals surface area contributed by atoms with Gasteiger partial charge in [0.05, 0.1) is 12.6 Å². The van der Waals surface area contributed by atoms with Crippen LogP contribution in [0.4, 0.5) is 4.79 Å². The first-order valence-corrected chi connectivity index (χ1v) is 6.14. The van der Waals surface area contributed by atoms with Gasteiger partial charge in [-0.1, -0.05) is 0 Å². The van der Waals surface area contributed by atoms with Crippen molar-refractivity contribution in [3.8, 4) is 0 Å². The zero-order valence-corrected chi connectivity index (χ0v) is 11.4. The van der Waals surface area contributed by atoms with E-state index in [0.717, 1.165) is 4.90 Å². The van der Waals surface area contributed by atoms with E-state index in [1.807, 2.05) is 0 Å². The summed E-state index contributed by atoms with van der Waals surface area (Å²) in [5.74, 6) is -0.227. The van der Waals surface area contributed by atoms with Gasteiger partial charge in [0.15, 0.2) is 0 Å². The summed E-state index contributed by atoms with van der Waals surface area (Å²) < 4.78 is 5.20. The highest BCUT2D eigenvalue weighted by atomic mass is 17.2. The lowest BCUT2D eigenvalue weighted by Gasteiger charge is -2.26. The molecule has 0 unspecified atom stereocenters. The van der Waals surface area contributed by atoms with Gasteiger partial charge >= 0.3 is 6.09 Å². The van der Waals surface area contributed by atoms with Crippen molar-refractivity contribution in [2.45, 2.75) is 52.2 Å². The Morgan fingerprint density at radius 3 is 2.61 bits per heavy atom. The third kappa shape index (κ3) is 4.27. The third-order valence-electron chi connectivity index (χ3n) is 2.38. The summed E-state index contributed by atoms with van der Waals surface area (Å²) in [7, 11) is 0. The number of nitrogens with zero attached hydrogens (tertiary/aromatic N) is 1. The van der Waals surface area contributed by atoms with Crippen LogP contribution in [0.15, 0.2) is 0 Å². The van der Waals surface area contributed by atoms with Gasteiger partial charge in [0.25, 0.3) is 0 Å². The zero-order valence-electron chi connectivity index (χ0n) is 11.4. The fraction of sp³-hybridized carbons (Fsp3) is 0.833. The summed E-state index contributed by atoms with van der Waals surface area (Å²) in [6.45, 7) is 7.68. The van der Waals surface area contributed by atoms with Crippen molar-refractivity contribution in [2.24, 2.45) is 0 Å². The number of likely N-dealkylation sites (tertiary alicyclic amines) is 1. The molecule has 1 saturated heterocycles. The predicted octanol–water partition coefficient (Wildman–Crippen LogP) is 1.88. The molecule has 6 heteroatoms. The molecule has 1 rings (SSSR count). The van der Waals surface area contributed by atoms with Crippen molar-refractivity contribution in [3.05, 3.63) is 0 Å². The van der Waals surface area contributed by atoms with Crippen LogP contribution in [-0.2, 0) is 19.3 Å². The van der Waals surface area contributed by atoms with Crippen molar-refractivity contribution >= 4 is 12.0 Å². The molecule has 1 fully saturated rings. The number of hydrogen-bond acceptors (Lipinski definition) is 5. The lowest BCUT2D eigenvalue weighted by molar-refractivity contribution is -0.296. The second kappa shape index (κ2) is 6.15. The topological polar surface area (TPSA) is 65.1 Å². The SMILES string of the molecule is CCOOC[C@@H]1CCC(=O)N1C(=O)OC(C)(C)C. The molecule has 0 bridgehead atoms. The van der Waals surface area contributed by atoms with E-state index in [9.17, 15) is 9.59 Å². The zero-order chi connectivity index (χ0) is 13.8. The van der Waals surface area contributed by atoms with E-state index < -0.39 is 11.7 Å². The van der Waals surface area contributed by atoms with E-state index in [1.165, 1.54) is 0 Å². The average molecular weight is 259 g/mol. The fourth-order valence-corrected chi connectivity index (χ4v) is 1.67. The quantitative estimate of drug-likeness (QED) is 0.438. The normalized spacial score (nSPS) is 20.3. The first-order valence-electron chi connectivity index (χ1n) is 6.14. The van der Waals surface area contributed by atoms with Gasteiger partial charge in [-0.25, -0.2) is 19.5 Å². The Balaban J connectivity index is 2.58. The maximum absolute atomic E-state index is 11.9. The molecule has 18 heavy (non-hydrogen) atoms. The molecule has 1 aliphatic rings. The van der Waals surface area contributed by atoms with E-state index in [2.05, 4.69) is 0 Å². The van der Waals surface area contributed by atoms with Crippen LogP contribution in [-0.4, -0.2) is 41.8 Å². The lowest BCUT2D eigenvalue weighted by atomic mass is 10.2. The largest absolute Gasteiger partial charge is 0.443 e. The summed E-state index contributed by atoms with van der Waals surface area (Å²) >= 11 is 0. The number of rotatable bonds is 4. The van der Waals surface area contributed by atoms with E-state index in [4.69, 9.17) is 14.5 Å². The molecule has 1 heterocycles. The highest BCUT2D eigenvalue weighted by Crippen LogP contribution is 2.22. The molecule has 0 aromatic rings. The maximum Gasteiger partial charge on any atom is 0.417 e. The molecular weight excluding hydrogens is 238 g/mol. The van der Waals surface area contributed by atoms with Crippen LogP contribution in [0.2, 0.25) is 0 Å². The summed E-state index contributed by atoms with van der Waals surface area (Å²) in [5, 5.41) is 0. The van der Waals surface area contributed by atoms with Crippen LogP contribution in [0.5, 0.6) is 0 Å². The Bertz CT molecular complexity index is 310. The molecule has 0 saturated carbocycles. The Labute approximate surface area is 107 Å². The second-order valence-electron chi connectivity index (χ2n) is 5.13. The number of carbonyl (C=O) groups excluding carboxylic acids is 2. The Morgan fingerprint density at radius 1 is 1.39 bits per heavy atom. The van der Waals surface area contributed by atoms with Gasteiger partial charge in [-0.2, -0.15) is 0 Å². The maximum atomic E-state index is 11.9. The number of hydrogen-bond donors (Lipinski definition) is 0. The molecular formula is C12H21NO5. The number of ether oxygens (including phenoxy) is 1. The lowest BCUT2D eigenvalue weighted by Crippen LogP contribution is -2.44. The molecule has 1 atom stereocenters. The second-order valence-corrected chi connectivity index (χ2v) is 5.13. The van der Waals surface area contributed by atoms with Crippen LogP contribution < -0.4 is 0 Å². The van der Waals surface area contributed by atoms with Crippen LogP contribution in [0.1, 0.15) is 40.5 Å². The molecule has 2 amide bonds. The van der Waals surface area contributed by atoms with Gasteiger partial charge in [0.2, 0.25) is 5.91 Å². The van der Waals surface area contributed by atoms with Gasteiger partial charge in [-0.05, 0) is 34.1 Å². The summed E-state index contributed by atoms with van der Waals surface area (Å²) in [4.78, 5) is 34.4. The number of imide groups is 1. The summed E-state index contributed by atoms with van der Waals surface area (Å²) in [5.41, 5.74) is -0.620. The molecule has 0 aromatic heterocycles. The Hall–Kier alpha value is -1.14. The van der Waals surface area contributed by atoms with Crippen LogP contribution in [0.3, 0.4) is 0 Å². The third-order valence-corrected chi connectivity index (χ3v) is 2.38. The average Bonchev–Trinajstić information content (AvgIpc) is 2.58. The van der Waals surface area contributed by atoms with E-state index in [1.54, 1.807) is 27.7 Å². The van der Waals surface area contributed by atoms with Gasteiger partial charge in [0, 0.05) is 6.42 Å². The van der Waals surface area contributed by atoms with Crippen molar-refractivity contribution in [2.75, 3.05) is 13.2 Å². The van der Waals surface area contributed by atoms with Crippen molar-refractivity contribution < 1.29 is 24.1 Å². The molecule has 1 aliphatic heterocycles. The first-order chi connectivity index (χ1) is 8.35. The van der Waals surface area contributed by atoms with Crippen LogP contribution in [0, 0.1) is 0 Å². The summed E-state index contributed by atoms with van der Waals surface area (Å²) in [6, 6.07) is -0.307. The van der Waals surface area contributed by atoms with Gasteiger partial charge in [-0.15, -0.1) is 0 Å². The minimum Gasteiger partial charge on any atom is -0.443 e. The van der Waals surface area contributed by atoms with Crippen molar-refractivity contribution in [3.63, 3.8) is 0 Å². The van der Waals surface area contributed by atoms with E-state index in [0.29, 0.717) is 19.4 Å². The number of carbonyl (C=O) groups is 2. The monoisotopic (exact) mass is 259 g/mol. The van der Waals surface area contributed by atoms with Gasteiger partial charge in [0.1, 0.15) is 12.2 Å². The van der Waals surface area contributed by atoms with Crippen LogP contribution >= 0.6 is 0 Å². The first kappa shape index (κ1) is 14.9. The molecule has 0 radical (unpaired) electrons. The van der Waals surface area contributed by atoms with Crippen LogP contribution in [0.25, 0.3) is 0 Å². The smallest absolute Gasteiger partial charge is 0.417 e. The Morgan fingerprint density at radius 2 is 2.06 bits per heavy atom.